The molecule has 0 radical (unpaired) electrons. The molecule has 0 spiro atoms. The number of aromatic amines is 1. The van der Waals surface area contributed by atoms with E-state index in [4.69, 9.17) is 0 Å². The maximum atomic E-state index is 4.52. The van der Waals surface area contributed by atoms with Gasteiger partial charge in [0, 0.05) is 16.2 Å². The molecular formula is C12H11N5S2. The molecule has 0 aliphatic heterocycles. The average Bonchev–Trinajstić information content (AvgIpc) is 3.01. The first-order chi connectivity index (χ1) is 9.29. The Bertz CT molecular complexity index is 744. The second kappa shape index (κ2) is 4.28. The van der Waals surface area contributed by atoms with Crippen LogP contribution in [0.3, 0.4) is 0 Å². The molecule has 1 saturated carbocycles. The number of nitrogens with one attached hydrogen (secondary N) is 1. The molecule has 0 saturated heterocycles. The lowest BCUT2D eigenvalue weighted by molar-refractivity contribution is 0.931. The van der Waals surface area contributed by atoms with Crippen molar-refractivity contribution in [1.29, 1.82) is 0 Å². The van der Waals surface area contributed by atoms with Crippen molar-refractivity contribution in [3.8, 4) is 0 Å². The fraction of sp³-hybridized carbons (Fsp3) is 0.333. The SMILES string of the molecule is Cc1cc2c(Sc3n[nH]c(C4CC4)n3)ncnc2s1. The van der Waals surface area contributed by atoms with E-state index >= 15 is 0 Å². The van der Waals surface area contributed by atoms with E-state index < -0.39 is 0 Å². The zero-order valence-electron chi connectivity index (χ0n) is 10.3. The van der Waals surface area contributed by atoms with Gasteiger partial charge in [0.2, 0.25) is 5.16 Å². The molecule has 7 heteroatoms. The largest absolute Gasteiger partial charge is 0.262 e. The maximum Gasteiger partial charge on any atom is 0.214 e. The quantitative estimate of drug-likeness (QED) is 0.750. The van der Waals surface area contributed by atoms with Crippen LogP contribution in [0.1, 0.15) is 29.5 Å². The molecule has 1 N–H and O–H groups in total. The summed E-state index contributed by atoms with van der Waals surface area (Å²) in [6.45, 7) is 2.08. The number of aromatic nitrogens is 5. The van der Waals surface area contributed by atoms with Crippen LogP contribution in [-0.2, 0) is 0 Å². The van der Waals surface area contributed by atoms with Gasteiger partial charge in [-0.25, -0.2) is 15.0 Å². The molecule has 0 atom stereocenters. The van der Waals surface area contributed by atoms with Crippen LogP contribution in [0.15, 0.2) is 22.6 Å². The number of nitrogens with zero attached hydrogens (tertiary/aromatic N) is 4. The van der Waals surface area contributed by atoms with Crippen molar-refractivity contribution < 1.29 is 0 Å². The van der Waals surface area contributed by atoms with E-state index in [2.05, 4.69) is 38.1 Å². The standard InChI is InChI=1S/C12H11N5S2/c1-6-4-8-10(18-6)13-5-14-11(8)19-12-15-9(16-17-12)7-2-3-7/h4-5,7H,2-3H2,1H3,(H,15,16,17). The van der Waals surface area contributed by atoms with Crippen LogP contribution in [0.25, 0.3) is 10.2 Å². The average molecular weight is 289 g/mol. The maximum absolute atomic E-state index is 4.52. The highest BCUT2D eigenvalue weighted by molar-refractivity contribution is 7.99. The Hall–Kier alpha value is -1.47. The van der Waals surface area contributed by atoms with E-state index in [1.165, 1.54) is 29.5 Å². The van der Waals surface area contributed by atoms with Gasteiger partial charge in [0.05, 0.1) is 0 Å². The number of rotatable bonds is 3. The van der Waals surface area contributed by atoms with Crippen molar-refractivity contribution in [1.82, 2.24) is 25.1 Å². The van der Waals surface area contributed by atoms with Gasteiger partial charge >= 0.3 is 0 Å². The van der Waals surface area contributed by atoms with Crippen molar-refractivity contribution >= 4 is 33.3 Å². The first kappa shape index (κ1) is 11.4. The van der Waals surface area contributed by atoms with Crippen LogP contribution in [-0.4, -0.2) is 25.1 Å². The fourth-order valence-corrected chi connectivity index (χ4v) is 3.65. The minimum atomic E-state index is 0.593. The molecule has 4 rings (SSSR count). The van der Waals surface area contributed by atoms with Gasteiger partial charge in [-0.3, -0.25) is 5.10 Å². The Morgan fingerprint density at radius 2 is 2.26 bits per heavy atom. The Labute approximate surface area is 117 Å². The molecule has 3 aromatic rings. The monoisotopic (exact) mass is 289 g/mol. The summed E-state index contributed by atoms with van der Waals surface area (Å²) < 4.78 is 0. The summed E-state index contributed by atoms with van der Waals surface area (Å²) in [5.74, 6) is 1.60. The van der Waals surface area contributed by atoms with E-state index in [1.807, 2.05) is 0 Å². The molecule has 0 aromatic carbocycles. The highest BCUT2D eigenvalue weighted by Crippen LogP contribution is 2.39. The van der Waals surface area contributed by atoms with Crippen LogP contribution < -0.4 is 0 Å². The molecule has 3 aromatic heterocycles. The molecule has 3 heterocycles. The normalized spacial score (nSPS) is 15.2. The van der Waals surface area contributed by atoms with Gasteiger partial charge < -0.3 is 0 Å². The highest BCUT2D eigenvalue weighted by Gasteiger charge is 2.27. The third kappa shape index (κ3) is 2.12. The summed E-state index contributed by atoms with van der Waals surface area (Å²) in [6, 6.07) is 2.12. The second-order valence-corrected chi connectivity index (χ2v) is 6.83. The van der Waals surface area contributed by atoms with E-state index in [1.54, 1.807) is 17.7 Å². The summed E-state index contributed by atoms with van der Waals surface area (Å²) in [5.41, 5.74) is 0. The van der Waals surface area contributed by atoms with Gasteiger partial charge in [-0.05, 0) is 37.6 Å². The van der Waals surface area contributed by atoms with E-state index in [0.29, 0.717) is 5.92 Å². The molecule has 1 aliphatic rings. The number of fused-ring (bicyclic) bond motifs is 1. The van der Waals surface area contributed by atoms with Crippen LogP contribution in [0.4, 0.5) is 0 Å². The molecule has 0 amide bonds. The zero-order valence-corrected chi connectivity index (χ0v) is 11.9. The topological polar surface area (TPSA) is 67.3 Å². The zero-order chi connectivity index (χ0) is 12.8. The Morgan fingerprint density at radius 1 is 1.37 bits per heavy atom. The molecular weight excluding hydrogens is 278 g/mol. The number of hydrogen-bond acceptors (Lipinski definition) is 6. The molecule has 0 bridgehead atoms. The minimum Gasteiger partial charge on any atom is -0.262 e. The Balaban J connectivity index is 1.69. The lowest BCUT2D eigenvalue weighted by atomic mass is 10.4. The van der Waals surface area contributed by atoms with Gasteiger partial charge in [-0.1, -0.05) is 0 Å². The third-order valence-corrected chi connectivity index (χ3v) is 4.89. The number of H-pyrrole nitrogens is 1. The van der Waals surface area contributed by atoms with Crippen molar-refractivity contribution in [2.45, 2.75) is 35.9 Å². The smallest absolute Gasteiger partial charge is 0.214 e. The molecule has 5 nitrogen and oxygen atoms in total. The van der Waals surface area contributed by atoms with Gasteiger partial charge in [0.1, 0.15) is 22.0 Å². The predicted molar refractivity (Wildman–Crippen MR) is 74.6 cm³/mol. The Morgan fingerprint density at radius 3 is 3.11 bits per heavy atom. The third-order valence-electron chi connectivity index (χ3n) is 3.05. The van der Waals surface area contributed by atoms with Gasteiger partial charge in [-0.2, -0.15) is 0 Å². The van der Waals surface area contributed by atoms with Crippen molar-refractivity contribution in [3.05, 3.63) is 23.1 Å². The van der Waals surface area contributed by atoms with Crippen LogP contribution in [0.2, 0.25) is 0 Å². The van der Waals surface area contributed by atoms with Crippen molar-refractivity contribution in [2.24, 2.45) is 0 Å². The van der Waals surface area contributed by atoms with E-state index in [9.17, 15) is 0 Å². The van der Waals surface area contributed by atoms with Crippen molar-refractivity contribution in [2.75, 3.05) is 0 Å². The van der Waals surface area contributed by atoms with E-state index in [0.717, 1.165) is 26.2 Å². The molecule has 1 fully saturated rings. The summed E-state index contributed by atoms with van der Waals surface area (Å²) in [7, 11) is 0. The second-order valence-electron chi connectivity index (χ2n) is 4.63. The Kier molecular flexibility index (Phi) is 2.56. The van der Waals surface area contributed by atoms with Crippen LogP contribution in [0, 0.1) is 6.92 Å². The first-order valence-electron chi connectivity index (χ1n) is 6.11. The van der Waals surface area contributed by atoms with Crippen molar-refractivity contribution in [3.63, 3.8) is 0 Å². The van der Waals surface area contributed by atoms with Crippen LogP contribution in [0.5, 0.6) is 0 Å². The first-order valence-corrected chi connectivity index (χ1v) is 7.74. The molecule has 19 heavy (non-hydrogen) atoms. The lowest BCUT2D eigenvalue weighted by Gasteiger charge is -1.96. The van der Waals surface area contributed by atoms with Gasteiger partial charge in [0.25, 0.3) is 0 Å². The van der Waals surface area contributed by atoms with Gasteiger partial charge in [-0.15, -0.1) is 16.4 Å². The highest BCUT2D eigenvalue weighted by atomic mass is 32.2. The molecule has 1 aliphatic carbocycles. The lowest BCUT2D eigenvalue weighted by Crippen LogP contribution is -1.84. The minimum absolute atomic E-state index is 0.593. The van der Waals surface area contributed by atoms with Crippen LogP contribution >= 0.6 is 23.1 Å². The molecule has 0 unspecified atom stereocenters. The summed E-state index contributed by atoms with van der Waals surface area (Å²) in [6.07, 6.45) is 4.05. The number of hydrogen-bond donors (Lipinski definition) is 1. The number of aryl methyl sites for hydroxylation is 1. The number of thiophene rings is 1. The predicted octanol–water partition coefficient (Wildman–Crippen LogP) is 3.15. The molecule has 96 valence electrons. The summed E-state index contributed by atoms with van der Waals surface area (Å²) in [5, 5.41) is 10.0. The summed E-state index contributed by atoms with van der Waals surface area (Å²) >= 11 is 3.18. The fourth-order valence-electron chi connectivity index (χ4n) is 1.97. The van der Waals surface area contributed by atoms with Gasteiger partial charge in [0.15, 0.2) is 0 Å². The summed E-state index contributed by atoms with van der Waals surface area (Å²) in [4.78, 5) is 15.4. The van der Waals surface area contributed by atoms with E-state index in [-0.39, 0.29) is 0 Å².